The smallest absolute Gasteiger partial charge is 0.236 e. The number of likely N-dealkylation sites (N-methyl/N-ethyl adjacent to an activating group) is 1. The van der Waals surface area contributed by atoms with E-state index < -0.39 is 0 Å². The number of carbonyl (C=O) groups is 1. The van der Waals surface area contributed by atoms with Gasteiger partial charge in [0.25, 0.3) is 0 Å². The first-order chi connectivity index (χ1) is 9.04. The molecule has 1 aromatic rings. The van der Waals surface area contributed by atoms with Crippen molar-refractivity contribution in [1.82, 2.24) is 14.8 Å². The minimum absolute atomic E-state index is 0.140. The molecule has 0 unspecified atom stereocenters. The van der Waals surface area contributed by atoms with Gasteiger partial charge >= 0.3 is 0 Å². The lowest BCUT2D eigenvalue weighted by Gasteiger charge is -2.30. The van der Waals surface area contributed by atoms with Gasteiger partial charge in [-0.1, -0.05) is 0 Å². The molecule has 19 heavy (non-hydrogen) atoms. The fraction of sp³-hybridized carbons (Fsp3) is 0.692. The molecule has 0 saturated carbocycles. The Kier molecular flexibility index (Phi) is 4.90. The standard InChI is InChI=1S/C13H21N3O2S/c1-10-14-11(9-19-10)7-15(2)8-13(18)16-5-3-12(17)4-6-16/h9,12,17H,3-8H2,1-2H3. The van der Waals surface area contributed by atoms with Gasteiger partial charge in [0.05, 0.1) is 23.4 Å². The fourth-order valence-electron chi connectivity index (χ4n) is 2.26. The fourth-order valence-corrected chi connectivity index (χ4v) is 2.86. The largest absolute Gasteiger partial charge is 0.393 e. The van der Waals surface area contributed by atoms with E-state index in [1.54, 1.807) is 11.3 Å². The second kappa shape index (κ2) is 6.45. The van der Waals surface area contributed by atoms with E-state index in [2.05, 4.69) is 4.98 Å². The van der Waals surface area contributed by atoms with Crippen LogP contribution in [0.4, 0.5) is 0 Å². The van der Waals surface area contributed by atoms with Crippen molar-refractivity contribution in [2.75, 3.05) is 26.7 Å². The van der Waals surface area contributed by atoms with Gasteiger partial charge in [-0.05, 0) is 26.8 Å². The molecule has 0 atom stereocenters. The highest BCUT2D eigenvalue weighted by Crippen LogP contribution is 2.12. The van der Waals surface area contributed by atoms with E-state index in [1.165, 1.54) is 0 Å². The molecule has 1 N–H and O–H groups in total. The van der Waals surface area contributed by atoms with Crippen LogP contribution in [0.15, 0.2) is 5.38 Å². The number of rotatable bonds is 4. The third-order valence-electron chi connectivity index (χ3n) is 3.32. The zero-order valence-corrected chi connectivity index (χ0v) is 12.3. The van der Waals surface area contributed by atoms with Crippen LogP contribution < -0.4 is 0 Å². The molecule has 1 aliphatic rings. The second-order valence-corrected chi connectivity index (χ2v) is 6.20. The van der Waals surface area contributed by atoms with Gasteiger partial charge in [-0.2, -0.15) is 0 Å². The number of likely N-dealkylation sites (tertiary alicyclic amines) is 1. The van der Waals surface area contributed by atoms with Crippen molar-refractivity contribution in [3.8, 4) is 0 Å². The Balaban J connectivity index is 1.78. The molecule has 1 saturated heterocycles. The number of thiazole rings is 1. The van der Waals surface area contributed by atoms with E-state index in [0.717, 1.165) is 10.7 Å². The predicted molar refractivity (Wildman–Crippen MR) is 75.0 cm³/mol. The molecule has 1 fully saturated rings. The quantitative estimate of drug-likeness (QED) is 0.891. The molecule has 2 rings (SSSR count). The van der Waals surface area contributed by atoms with Crippen LogP contribution in [0.2, 0.25) is 0 Å². The van der Waals surface area contributed by atoms with Crippen molar-refractivity contribution in [1.29, 1.82) is 0 Å². The number of aliphatic hydroxyl groups is 1. The molecular formula is C13H21N3O2S. The summed E-state index contributed by atoms with van der Waals surface area (Å²) in [6.45, 7) is 4.44. The molecule has 0 spiro atoms. The molecule has 0 aliphatic carbocycles. The number of nitrogens with zero attached hydrogens (tertiary/aromatic N) is 3. The number of aromatic nitrogens is 1. The molecule has 1 amide bonds. The van der Waals surface area contributed by atoms with E-state index in [1.807, 2.05) is 29.2 Å². The highest BCUT2D eigenvalue weighted by atomic mass is 32.1. The van der Waals surface area contributed by atoms with Gasteiger partial charge in [-0.25, -0.2) is 4.98 Å². The number of hydrogen-bond acceptors (Lipinski definition) is 5. The summed E-state index contributed by atoms with van der Waals surface area (Å²) >= 11 is 1.63. The number of aliphatic hydroxyl groups excluding tert-OH is 1. The monoisotopic (exact) mass is 283 g/mol. The maximum Gasteiger partial charge on any atom is 0.236 e. The summed E-state index contributed by atoms with van der Waals surface area (Å²) < 4.78 is 0. The van der Waals surface area contributed by atoms with Crippen molar-refractivity contribution in [2.45, 2.75) is 32.4 Å². The van der Waals surface area contributed by atoms with Gasteiger partial charge in [0.15, 0.2) is 0 Å². The van der Waals surface area contributed by atoms with E-state index in [-0.39, 0.29) is 12.0 Å². The van der Waals surface area contributed by atoms with Crippen molar-refractivity contribution in [2.24, 2.45) is 0 Å². The van der Waals surface area contributed by atoms with E-state index in [0.29, 0.717) is 39.0 Å². The normalized spacial score (nSPS) is 17.2. The Morgan fingerprint density at radius 3 is 2.84 bits per heavy atom. The summed E-state index contributed by atoms with van der Waals surface area (Å²) in [4.78, 5) is 20.3. The minimum Gasteiger partial charge on any atom is -0.393 e. The first-order valence-corrected chi connectivity index (χ1v) is 7.48. The maximum atomic E-state index is 12.1. The number of piperidine rings is 1. The molecule has 0 radical (unpaired) electrons. The van der Waals surface area contributed by atoms with Crippen molar-refractivity contribution < 1.29 is 9.90 Å². The maximum absolute atomic E-state index is 12.1. The summed E-state index contributed by atoms with van der Waals surface area (Å²) in [5, 5.41) is 12.5. The molecule has 2 heterocycles. The number of hydrogen-bond donors (Lipinski definition) is 1. The van der Waals surface area contributed by atoms with Crippen LogP contribution in [0, 0.1) is 6.92 Å². The number of carbonyl (C=O) groups excluding carboxylic acids is 1. The Bertz CT molecular complexity index is 427. The van der Waals surface area contributed by atoms with Gasteiger partial charge < -0.3 is 10.0 Å². The van der Waals surface area contributed by atoms with Gasteiger partial charge in [0.1, 0.15) is 0 Å². The Hall–Kier alpha value is -0.980. The van der Waals surface area contributed by atoms with E-state index in [9.17, 15) is 9.90 Å². The summed E-state index contributed by atoms with van der Waals surface area (Å²) in [5.41, 5.74) is 1.02. The first-order valence-electron chi connectivity index (χ1n) is 6.60. The molecule has 0 bridgehead atoms. The molecule has 5 nitrogen and oxygen atoms in total. The van der Waals surface area contributed by atoms with Crippen LogP contribution in [0.5, 0.6) is 0 Å². The number of amides is 1. The molecule has 1 aliphatic heterocycles. The molecular weight excluding hydrogens is 262 g/mol. The van der Waals surface area contributed by atoms with Crippen LogP contribution in [-0.4, -0.2) is 58.6 Å². The third-order valence-corrected chi connectivity index (χ3v) is 4.14. The van der Waals surface area contributed by atoms with E-state index in [4.69, 9.17) is 0 Å². The first kappa shape index (κ1) is 14.4. The molecule has 0 aromatic carbocycles. The summed E-state index contributed by atoms with van der Waals surface area (Å²) in [7, 11) is 1.94. The highest BCUT2D eigenvalue weighted by molar-refractivity contribution is 7.09. The zero-order chi connectivity index (χ0) is 13.8. The third kappa shape index (κ3) is 4.26. The highest BCUT2D eigenvalue weighted by Gasteiger charge is 2.22. The van der Waals surface area contributed by atoms with Gasteiger partial charge in [-0.3, -0.25) is 9.69 Å². The lowest BCUT2D eigenvalue weighted by molar-refractivity contribution is -0.134. The topological polar surface area (TPSA) is 56.7 Å². The Morgan fingerprint density at radius 1 is 1.58 bits per heavy atom. The SMILES string of the molecule is Cc1nc(CN(C)CC(=O)N2CCC(O)CC2)cs1. The second-order valence-electron chi connectivity index (χ2n) is 5.14. The molecule has 1 aromatic heterocycles. The molecule has 6 heteroatoms. The van der Waals surface area contributed by atoms with Crippen LogP contribution in [0.25, 0.3) is 0 Å². The Morgan fingerprint density at radius 2 is 2.26 bits per heavy atom. The lowest BCUT2D eigenvalue weighted by Crippen LogP contribution is -2.44. The van der Waals surface area contributed by atoms with Crippen molar-refractivity contribution >= 4 is 17.2 Å². The minimum atomic E-state index is -0.236. The van der Waals surface area contributed by atoms with Crippen LogP contribution in [0.1, 0.15) is 23.5 Å². The van der Waals surface area contributed by atoms with Gasteiger partial charge in [0, 0.05) is 25.0 Å². The van der Waals surface area contributed by atoms with Crippen molar-refractivity contribution in [3.05, 3.63) is 16.1 Å². The van der Waals surface area contributed by atoms with Crippen LogP contribution >= 0.6 is 11.3 Å². The summed E-state index contributed by atoms with van der Waals surface area (Å²) in [6, 6.07) is 0. The van der Waals surface area contributed by atoms with E-state index >= 15 is 0 Å². The zero-order valence-electron chi connectivity index (χ0n) is 11.5. The van der Waals surface area contributed by atoms with Crippen LogP contribution in [0.3, 0.4) is 0 Å². The summed E-state index contributed by atoms with van der Waals surface area (Å²) in [6.07, 6.45) is 1.15. The summed E-state index contributed by atoms with van der Waals surface area (Å²) in [5.74, 6) is 0.140. The van der Waals surface area contributed by atoms with Crippen molar-refractivity contribution in [3.63, 3.8) is 0 Å². The predicted octanol–water partition coefficient (Wildman–Crippen LogP) is 0.867. The molecule has 106 valence electrons. The van der Waals surface area contributed by atoms with Gasteiger partial charge in [0.2, 0.25) is 5.91 Å². The average Bonchev–Trinajstić information content (AvgIpc) is 2.75. The lowest BCUT2D eigenvalue weighted by atomic mass is 10.1. The number of aryl methyl sites for hydroxylation is 1. The average molecular weight is 283 g/mol. The van der Waals surface area contributed by atoms with Crippen LogP contribution in [-0.2, 0) is 11.3 Å². The van der Waals surface area contributed by atoms with Gasteiger partial charge in [-0.15, -0.1) is 11.3 Å². The Labute approximate surface area is 117 Å².